The molecule has 0 atom stereocenters. The van der Waals surface area contributed by atoms with Crippen LogP contribution < -0.4 is 10.1 Å². The molecule has 21 heavy (non-hydrogen) atoms. The Morgan fingerprint density at radius 2 is 1.67 bits per heavy atom. The summed E-state index contributed by atoms with van der Waals surface area (Å²) in [5, 5.41) is 24.0. The Kier molecular flexibility index (Phi) is 3.93. The van der Waals surface area contributed by atoms with Crippen LogP contribution in [0.2, 0.25) is 0 Å². The second kappa shape index (κ2) is 5.82. The van der Waals surface area contributed by atoms with E-state index in [9.17, 15) is 20.2 Å². The number of anilines is 1. The molecule has 0 spiro atoms. The number of nitrogens with one attached hydrogen (secondary N) is 1. The highest BCUT2D eigenvalue weighted by Crippen LogP contribution is 2.27. The van der Waals surface area contributed by atoms with Gasteiger partial charge in [-0.05, 0) is 12.1 Å². The van der Waals surface area contributed by atoms with Crippen molar-refractivity contribution in [2.24, 2.45) is 0 Å². The molecule has 0 aliphatic heterocycles. The van der Waals surface area contributed by atoms with Crippen molar-refractivity contribution in [2.45, 2.75) is 0 Å². The third kappa shape index (κ3) is 3.41. The number of pyridine rings is 1. The van der Waals surface area contributed by atoms with E-state index >= 15 is 0 Å². The molecule has 0 radical (unpaired) electrons. The number of non-ortho nitro benzene ring substituents is 1. The van der Waals surface area contributed by atoms with E-state index in [-0.39, 0.29) is 28.8 Å². The molecule has 2 rings (SSSR count). The van der Waals surface area contributed by atoms with Crippen LogP contribution in [0.1, 0.15) is 0 Å². The second-order valence-corrected chi connectivity index (χ2v) is 3.91. The van der Waals surface area contributed by atoms with Gasteiger partial charge in [0.2, 0.25) is 5.88 Å². The topological polar surface area (TPSA) is 120 Å². The Bertz CT molecular complexity index is 687. The van der Waals surface area contributed by atoms with Gasteiger partial charge in [0.25, 0.3) is 11.4 Å². The highest BCUT2D eigenvalue weighted by atomic mass is 16.6. The number of aromatic nitrogens is 1. The first-order valence-corrected chi connectivity index (χ1v) is 5.76. The molecule has 1 aromatic heterocycles. The van der Waals surface area contributed by atoms with Crippen molar-refractivity contribution < 1.29 is 14.6 Å². The standard InChI is InChI=1S/C12H10N4O5/c1-13-11-6-9(16(19)20)7-12(14-11)21-10-4-2-8(3-5-10)15(17)18/h2-7H,1H3,(H,13,14). The molecule has 1 aromatic carbocycles. The fraction of sp³-hybridized carbons (Fsp3) is 0.0833. The van der Waals surface area contributed by atoms with Gasteiger partial charge in [0.1, 0.15) is 11.6 Å². The van der Waals surface area contributed by atoms with E-state index in [2.05, 4.69) is 10.3 Å². The van der Waals surface area contributed by atoms with E-state index in [1.807, 2.05) is 0 Å². The zero-order chi connectivity index (χ0) is 15.4. The van der Waals surface area contributed by atoms with Crippen molar-refractivity contribution >= 4 is 17.2 Å². The van der Waals surface area contributed by atoms with Crippen molar-refractivity contribution in [3.8, 4) is 11.6 Å². The lowest BCUT2D eigenvalue weighted by Crippen LogP contribution is -1.98. The van der Waals surface area contributed by atoms with Gasteiger partial charge < -0.3 is 10.1 Å². The van der Waals surface area contributed by atoms with Crippen LogP contribution in [-0.4, -0.2) is 21.9 Å². The van der Waals surface area contributed by atoms with Crippen LogP contribution in [0.4, 0.5) is 17.2 Å². The van der Waals surface area contributed by atoms with Gasteiger partial charge in [0.05, 0.1) is 22.0 Å². The Hall–Kier alpha value is -3.23. The van der Waals surface area contributed by atoms with Crippen LogP contribution in [0.5, 0.6) is 11.6 Å². The summed E-state index contributed by atoms with van der Waals surface area (Å²) in [5.74, 6) is 0.583. The van der Waals surface area contributed by atoms with Gasteiger partial charge in [-0.1, -0.05) is 0 Å². The molecule has 0 saturated carbocycles. The normalized spacial score (nSPS) is 9.95. The van der Waals surface area contributed by atoms with Gasteiger partial charge in [0, 0.05) is 19.2 Å². The molecule has 0 unspecified atom stereocenters. The number of hydrogen-bond acceptors (Lipinski definition) is 7. The predicted octanol–water partition coefficient (Wildman–Crippen LogP) is 2.73. The van der Waals surface area contributed by atoms with E-state index in [1.165, 1.54) is 36.4 Å². The number of nitro benzene ring substituents is 1. The highest BCUT2D eigenvalue weighted by molar-refractivity contribution is 5.49. The van der Waals surface area contributed by atoms with E-state index < -0.39 is 9.85 Å². The molecule has 0 saturated heterocycles. The summed E-state index contributed by atoms with van der Waals surface area (Å²) < 4.78 is 5.37. The molecule has 0 fully saturated rings. The number of nitro groups is 2. The predicted molar refractivity (Wildman–Crippen MR) is 73.6 cm³/mol. The Labute approximate surface area is 118 Å². The molecule has 9 nitrogen and oxygen atoms in total. The molecule has 1 heterocycles. The monoisotopic (exact) mass is 290 g/mol. The minimum absolute atomic E-state index is 0.0161. The first kappa shape index (κ1) is 14.2. The zero-order valence-corrected chi connectivity index (χ0v) is 10.8. The van der Waals surface area contributed by atoms with Crippen molar-refractivity contribution in [3.05, 3.63) is 56.6 Å². The van der Waals surface area contributed by atoms with Gasteiger partial charge in [0.15, 0.2) is 0 Å². The third-order valence-electron chi connectivity index (χ3n) is 2.52. The minimum atomic E-state index is -0.564. The van der Waals surface area contributed by atoms with E-state index in [4.69, 9.17) is 4.74 Å². The molecule has 0 aliphatic rings. The molecule has 0 aliphatic carbocycles. The van der Waals surface area contributed by atoms with Crippen molar-refractivity contribution in [1.29, 1.82) is 0 Å². The molecular formula is C12H10N4O5. The first-order chi connectivity index (χ1) is 9.99. The number of rotatable bonds is 5. The van der Waals surface area contributed by atoms with Crippen LogP contribution in [0.25, 0.3) is 0 Å². The van der Waals surface area contributed by atoms with Gasteiger partial charge >= 0.3 is 0 Å². The van der Waals surface area contributed by atoms with Crippen LogP contribution >= 0.6 is 0 Å². The Morgan fingerprint density at radius 3 is 2.19 bits per heavy atom. The van der Waals surface area contributed by atoms with Gasteiger partial charge in [-0.3, -0.25) is 20.2 Å². The lowest BCUT2D eigenvalue weighted by atomic mass is 10.3. The van der Waals surface area contributed by atoms with Crippen LogP contribution in [0.3, 0.4) is 0 Å². The lowest BCUT2D eigenvalue weighted by molar-refractivity contribution is -0.385. The average molecular weight is 290 g/mol. The number of ether oxygens (including phenoxy) is 1. The Morgan fingerprint density at radius 1 is 1.05 bits per heavy atom. The molecule has 2 aromatic rings. The summed E-state index contributed by atoms with van der Waals surface area (Å²) in [6.45, 7) is 0. The van der Waals surface area contributed by atoms with Crippen LogP contribution in [0, 0.1) is 20.2 Å². The molecule has 0 amide bonds. The number of benzene rings is 1. The fourth-order valence-corrected chi connectivity index (χ4v) is 1.53. The summed E-state index contributed by atoms with van der Waals surface area (Å²) in [4.78, 5) is 24.3. The summed E-state index contributed by atoms with van der Waals surface area (Å²) in [5.41, 5.74) is -0.253. The quantitative estimate of drug-likeness (QED) is 0.663. The number of hydrogen-bond donors (Lipinski definition) is 1. The minimum Gasteiger partial charge on any atom is -0.439 e. The van der Waals surface area contributed by atoms with E-state index in [0.717, 1.165) is 0 Å². The second-order valence-electron chi connectivity index (χ2n) is 3.91. The summed E-state index contributed by atoms with van der Waals surface area (Å²) >= 11 is 0. The highest BCUT2D eigenvalue weighted by Gasteiger charge is 2.12. The average Bonchev–Trinajstić information content (AvgIpc) is 2.47. The smallest absolute Gasteiger partial charge is 0.278 e. The van der Waals surface area contributed by atoms with Crippen molar-refractivity contribution in [1.82, 2.24) is 4.98 Å². The summed E-state index contributed by atoms with van der Waals surface area (Å²) in [6, 6.07) is 7.75. The summed E-state index contributed by atoms with van der Waals surface area (Å²) in [6.07, 6.45) is 0. The SMILES string of the molecule is CNc1cc([N+](=O)[O-])cc(Oc2ccc([N+](=O)[O-])cc2)n1. The van der Waals surface area contributed by atoms with Crippen molar-refractivity contribution in [2.75, 3.05) is 12.4 Å². The van der Waals surface area contributed by atoms with Gasteiger partial charge in [-0.15, -0.1) is 0 Å². The maximum absolute atomic E-state index is 10.8. The molecule has 108 valence electrons. The fourth-order valence-electron chi connectivity index (χ4n) is 1.53. The maximum Gasteiger partial charge on any atom is 0.278 e. The van der Waals surface area contributed by atoms with Crippen LogP contribution in [-0.2, 0) is 0 Å². The largest absolute Gasteiger partial charge is 0.439 e. The van der Waals surface area contributed by atoms with Gasteiger partial charge in [-0.25, -0.2) is 0 Å². The molecule has 0 bridgehead atoms. The van der Waals surface area contributed by atoms with E-state index in [1.54, 1.807) is 7.05 Å². The summed E-state index contributed by atoms with van der Waals surface area (Å²) in [7, 11) is 1.57. The lowest BCUT2D eigenvalue weighted by Gasteiger charge is -2.06. The Balaban J connectivity index is 2.28. The van der Waals surface area contributed by atoms with Gasteiger partial charge in [-0.2, -0.15) is 4.98 Å². The number of nitrogens with zero attached hydrogens (tertiary/aromatic N) is 3. The van der Waals surface area contributed by atoms with E-state index in [0.29, 0.717) is 0 Å². The molecule has 1 N–H and O–H groups in total. The zero-order valence-electron chi connectivity index (χ0n) is 10.8. The van der Waals surface area contributed by atoms with Crippen molar-refractivity contribution in [3.63, 3.8) is 0 Å². The third-order valence-corrected chi connectivity index (χ3v) is 2.52. The van der Waals surface area contributed by atoms with Crippen LogP contribution in [0.15, 0.2) is 36.4 Å². The molecule has 9 heteroatoms. The maximum atomic E-state index is 10.8. The molecular weight excluding hydrogens is 280 g/mol. The first-order valence-electron chi connectivity index (χ1n) is 5.76.